The minimum atomic E-state index is -0.516. The van der Waals surface area contributed by atoms with Gasteiger partial charge in [-0.15, -0.1) is 0 Å². The molecule has 34 heavy (non-hydrogen) atoms. The highest BCUT2D eigenvalue weighted by molar-refractivity contribution is 5.87. The van der Waals surface area contributed by atoms with E-state index >= 15 is 0 Å². The number of esters is 1. The molecule has 1 aromatic heterocycles. The lowest BCUT2D eigenvalue weighted by Crippen LogP contribution is -2.22. The van der Waals surface area contributed by atoms with Gasteiger partial charge in [-0.25, -0.2) is 9.78 Å². The van der Waals surface area contributed by atoms with Crippen LogP contribution in [0.1, 0.15) is 70.2 Å². The van der Waals surface area contributed by atoms with E-state index in [4.69, 9.17) is 14.5 Å². The van der Waals surface area contributed by atoms with Crippen LogP contribution < -0.4 is 4.74 Å². The van der Waals surface area contributed by atoms with Gasteiger partial charge in [0.1, 0.15) is 23.8 Å². The van der Waals surface area contributed by atoms with Crippen molar-refractivity contribution in [3.8, 4) is 17.1 Å². The molecule has 5 heteroatoms. The van der Waals surface area contributed by atoms with E-state index in [1.54, 1.807) is 6.08 Å². The van der Waals surface area contributed by atoms with Crippen molar-refractivity contribution < 1.29 is 14.3 Å². The number of ether oxygens (including phenoxy) is 2. The third-order valence-electron chi connectivity index (χ3n) is 5.88. The molecular formula is C29H34N2O3. The number of rotatable bonds is 7. The van der Waals surface area contributed by atoms with Crippen LogP contribution in [0, 0.1) is 0 Å². The number of aromatic nitrogens is 2. The monoisotopic (exact) mass is 458 g/mol. The predicted octanol–water partition coefficient (Wildman–Crippen LogP) is 6.99. The van der Waals surface area contributed by atoms with Crippen LogP contribution in [0.15, 0.2) is 66.9 Å². The van der Waals surface area contributed by atoms with E-state index in [0.29, 0.717) is 12.6 Å². The van der Waals surface area contributed by atoms with Crippen molar-refractivity contribution >= 4 is 12.0 Å². The van der Waals surface area contributed by atoms with Crippen molar-refractivity contribution in [3.05, 3.63) is 78.1 Å². The second kappa shape index (κ2) is 10.7. The van der Waals surface area contributed by atoms with Gasteiger partial charge in [0.25, 0.3) is 0 Å². The van der Waals surface area contributed by atoms with E-state index in [2.05, 4.69) is 35.0 Å². The van der Waals surface area contributed by atoms with Gasteiger partial charge < -0.3 is 14.0 Å². The molecule has 1 fully saturated rings. The highest BCUT2D eigenvalue weighted by Crippen LogP contribution is 2.33. The van der Waals surface area contributed by atoms with Crippen LogP contribution in [-0.2, 0) is 16.1 Å². The lowest BCUT2D eigenvalue weighted by Gasteiger charge is -2.24. The summed E-state index contributed by atoms with van der Waals surface area (Å²) in [5.74, 6) is 1.39. The van der Waals surface area contributed by atoms with Crippen molar-refractivity contribution in [1.29, 1.82) is 0 Å². The molecule has 0 atom stereocenters. The lowest BCUT2D eigenvalue weighted by molar-refractivity contribution is -0.148. The maximum atomic E-state index is 12.1. The highest BCUT2D eigenvalue weighted by Gasteiger charge is 2.20. The molecule has 0 aliphatic heterocycles. The summed E-state index contributed by atoms with van der Waals surface area (Å²) in [6, 6.07) is 18.7. The third-order valence-corrected chi connectivity index (χ3v) is 5.88. The van der Waals surface area contributed by atoms with Gasteiger partial charge in [0.15, 0.2) is 0 Å². The molecule has 1 aliphatic rings. The highest BCUT2D eigenvalue weighted by atomic mass is 16.6. The maximum absolute atomic E-state index is 12.1. The van der Waals surface area contributed by atoms with Crippen LogP contribution in [0.3, 0.4) is 0 Å². The molecule has 1 heterocycles. The van der Waals surface area contributed by atoms with Gasteiger partial charge in [-0.05, 0) is 69.5 Å². The minimum absolute atomic E-state index is 0.360. The summed E-state index contributed by atoms with van der Waals surface area (Å²) < 4.78 is 13.6. The van der Waals surface area contributed by atoms with Crippen molar-refractivity contribution in [2.24, 2.45) is 0 Å². The minimum Gasteiger partial charge on any atom is -0.489 e. The molecule has 1 saturated carbocycles. The average Bonchev–Trinajstić information content (AvgIpc) is 3.26. The molecule has 1 aliphatic carbocycles. The molecule has 0 spiro atoms. The number of hydrogen-bond acceptors (Lipinski definition) is 4. The van der Waals surface area contributed by atoms with E-state index in [0.717, 1.165) is 41.2 Å². The Hall–Kier alpha value is -3.34. The Morgan fingerprint density at radius 3 is 2.41 bits per heavy atom. The normalized spacial score (nSPS) is 14.9. The largest absolute Gasteiger partial charge is 0.489 e. The fourth-order valence-electron chi connectivity index (χ4n) is 4.27. The number of carbonyl (C=O) groups is 1. The molecule has 0 bridgehead atoms. The summed E-state index contributed by atoms with van der Waals surface area (Å²) >= 11 is 0. The quantitative estimate of drug-likeness (QED) is 0.283. The number of hydrogen-bond donors (Lipinski definition) is 0. The second-order valence-corrected chi connectivity index (χ2v) is 9.85. The number of nitrogens with zero attached hydrogens (tertiary/aromatic N) is 2. The standard InChI is InChI=1S/C29H34N2O3/c1-29(2,3)34-27(32)19-16-24-20-31(25-12-8-5-9-13-25)28(30-24)23-14-17-26(18-15-23)33-21-22-10-6-4-7-11-22/h4,6-7,10-11,14-20,25H,5,8-9,12-13,21H2,1-3H3/b19-16+. The van der Waals surface area contributed by atoms with Gasteiger partial charge >= 0.3 is 5.97 Å². The van der Waals surface area contributed by atoms with Gasteiger partial charge in [0.05, 0.1) is 5.69 Å². The van der Waals surface area contributed by atoms with Crippen molar-refractivity contribution in [1.82, 2.24) is 9.55 Å². The molecule has 0 N–H and O–H groups in total. The Balaban J connectivity index is 1.53. The first kappa shape index (κ1) is 23.8. The summed E-state index contributed by atoms with van der Waals surface area (Å²) in [6.45, 7) is 6.13. The summed E-state index contributed by atoms with van der Waals surface area (Å²) in [5.41, 5.74) is 2.42. The van der Waals surface area contributed by atoms with Gasteiger partial charge in [0.2, 0.25) is 0 Å². The van der Waals surface area contributed by atoms with Gasteiger partial charge in [-0.3, -0.25) is 0 Å². The van der Waals surface area contributed by atoms with Crippen molar-refractivity contribution in [3.63, 3.8) is 0 Å². The third kappa shape index (κ3) is 6.60. The Labute approximate surface area is 202 Å². The molecule has 3 aromatic rings. The predicted molar refractivity (Wildman–Crippen MR) is 135 cm³/mol. The number of benzene rings is 2. The van der Waals surface area contributed by atoms with Crippen LogP contribution in [0.2, 0.25) is 0 Å². The van der Waals surface area contributed by atoms with Crippen LogP contribution in [-0.4, -0.2) is 21.1 Å². The Morgan fingerprint density at radius 1 is 1.03 bits per heavy atom. The smallest absolute Gasteiger partial charge is 0.331 e. The summed E-state index contributed by atoms with van der Waals surface area (Å²) in [6.07, 6.45) is 11.3. The first-order valence-electron chi connectivity index (χ1n) is 12.1. The fourth-order valence-corrected chi connectivity index (χ4v) is 4.27. The molecule has 0 radical (unpaired) electrons. The SMILES string of the molecule is CC(C)(C)OC(=O)/C=C/c1cn(C2CCCCC2)c(-c2ccc(OCc3ccccc3)cc2)n1. The van der Waals surface area contributed by atoms with Gasteiger partial charge in [-0.2, -0.15) is 0 Å². The molecule has 4 rings (SSSR count). The van der Waals surface area contributed by atoms with Gasteiger partial charge in [0, 0.05) is 23.9 Å². The second-order valence-electron chi connectivity index (χ2n) is 9.85. The molecular weight excluding hydrogens is 424 g/mol. The zero-order valence-corrected chi connectivity index (χ0v) is 20.4. The van der Waals surface area contributed by atoms with E-state index in [1.807, 2.05) is 51.1 Å². The maximum Gasteiger partial charge on any atom is 0.331 e. The zero-order chi connectivity index (χ0) is 24.0. The van der Waals surface area contributed by atoms with E-state index in [9.17, 15) is 4.79 Å². The number of imidazole rings is 1. The van der Waals surface area contributed by atoms with Crippen molar-refractivity contribution in [2.75, 3.05) is 0 Å². The topological polar surface area (TPSA) is 53.4 Å². The van der Waals surface area contributed by atoms with E-state index < -0.39 is 5.60 Å². The molecule has 0 unspecified atom stereocenters. The van der Waals surface area contributed by atoms with Gasteiger partial charge in [-0.1, -0.05) is 49.6 Å². The Bertz CT molecular complexity index is 1100. The average molecular weight is 459 g/mol. The van der Waals surface area contributed by atoms with E-state index in [-0.39, 0.29) is 5.97 Å². The Kier molecular flexibility index (Phi) is 7.51. The first-order chi connectivity index (χ1) is 16.4. The number of carbonyl (C=O) groups excluding carboxylic acids is 1. The Morgan fingerprint density at radius 2 is 1.74 bits per heavy atom. The summed E-state index contributed by atoms with van der Waals surface area (Å²) in [4.78, 5) is 17.0. The fraction of sp³-hybridized carbons (Fsp3) is 0.379. The van der Waals surface area contributed by atoms with Crippen LogP contribution in [0.5, 0.6) is 5.75 Å². The molecule has 5 nitrogen and oxygen atoms in total. The molecule has 2 aromatic carbocycles. The zero-order valence-electron chi connectivity index (χ0n) is 20.4. The summed E-state index contributed by atoms with van der Waals surface area (Å²) in [5, 5.41) is 0. The first-order valence-corrected chi connectivity index (χ1v) is 12.1. The molecule has 0 amide bonds. The van der Waals surface area contributed by atoms with Crippen LogP contribution in [0.4, 0.5) is 0 Å². The molecule has 0 saturated heterocycles. The van der Waals surface area contributed by atoms with E-state index in [1.165, 1.54) is 25.3 Å². The lowest BCUT2D eigenvalue weighted by atomic mass is 9.95. The summed E-state index contributed by atoms with van der Waals surface area (Å²) in [7, 11) is 0. The van der Waals surface area contributed by atoms with Crippen molar-refractivity contribution in [2.45, 2.75) is 71.1 Å². The molecule has 178 valence electrons. The van der Waals surface area contributed by atoms with Crippen LogP contribution in [0.25, 0.3) is 17.5 Å². The van der Waals surface area contributed by atoms with Crippen LogP contribution >= 0.6 is 0 Å².